The third kappa shape index (κ3) is 3.97. The number of thioether (sulfide) groups is 1. The van der Waals surface area contributed by atoms with E-state index >= 15 is 0 Å². The van der Waals surface area contributed by atoms with Gasteiger partial charge in [-0.25, -0.2) is 9.78 Å². The van der Waals surface area contributed by atoms with Gasteiger partial charge in [0.05, 0.1) is 28.7 Å². The van der Waals surface area contributed by atoms with E-state index in [-0.39, 0.29) is 12.4 Å². The number of hydrogen-bond donors (Lipinski definition) is 1. The van der Waals surface area contributed by atoms with Gasteiger partial charge in [0.2, 0.25) is 0 Å². The minimum atomic E-state index is -0.479. The molecule has 28 heavy (non-hydrogen) atoms. The van der Waals surface area contributed by atoms with Gasteiger partial charge in [-0.2, -0.15) is 5.26 Å². The zero-order valence-electron chi connectivity index (χ0n) is 17.3. The van der Waals surface area contributed by atoms with Gasteiger partial charge >= 0.3 is 5.97 Å². The van der Waals surface area contributed by atoms with E-state index in [9.17, 15) is 14.9 Å². The Balaban J connectivity index is 2.36. The predicted molar refractivity (Wildman–Crippen MR) is 109 cm³/mol. The summed E-state index contributed by atoms with van der Waals surface area (Å²) in [4.78, 5) is 32.8. The number of ether oxygens (including phenoxy) is 1. The summed E-state index contributed by atoms with van der Waals surface area (Å²) >= 11 is 1.26. The molecular formula is C21H25N3O3S. The monoisotopic (exact) mass is 399 g/mol. The van der Waals surface area contributed by atoms with Gasteiger partial charge in [-0.15, -0.1) is 0 Å². The Morgan fingerprint density at radius 3 is 2.39 bits per heavy atom. The maximum atomic E-state index is 13.0. The summed E-state index contributed by atoms with van der Waals surface area (Å²) in [5, 5.41) is 9.61. The lowest BCUT2D eigenvalue weighted by atomic mass is 10.1. The van der Waals surface area contributed by atoms with Crippen molar-refractivity contribution in [3.8, 4) is 6.07 Å². The fraction of sp³-hybridized carbons (Fsp3) is 0.429. The number of aromatic nitrogens is 2. The molecule has 0 aromatic carbocycles. The summed E-state index contributed by atoms with van der Waals surface area (Å²) < 4.78 is 5.09. The van der Waals surface area contributed by atoms with Crippen molar-refractivity contribution >= 4 is 23.5 Å². The highest BCUT2D eigenvalue weighted by Gasteiger charge is 2.27. The van der Waals surface area contributed by atoms with Crippen LogP contribution in [0.4, 0.5) is 0 Å². The molecule has 148 valence electrons. The molecule has 2 aromatic heterocycles. The number of carbonyl (C=O) groups is 2. The normalized spacial score (nSPS) is 11.8. The van der Waals surface area contributed by atoms with E-state index < -0.39 is 11.2 Å². The Morgan fingerprint density at radius 2 is 1.82 bits per heavy atom. The first-order valence-corrected chi connectivity index (χ1v) is 9.96. The van der Waals surface area contributed by atoms with Crippen LogP contribution in [0.5, 0.6) is 0 Å². The van der Waals surface area contributed by atoms with Gasteiger partial charge in [0, 0.05) is 11.4 Å². The van der Waals surface area contributed by atoms with Crippen LogP contribution >= 0.6 is 11.8 Å². The van der Waals surface area contributed by atoms with Crippen LogP contribution in [-0.4, -0.2) is 33.6 Å². The summed E-state index contributed by atoms with van der Waals surface area (Å²) in [5.41, 5.74) is 5.19. The second-order valence-electron chi connectivity index (χ2n) is 6.71. The average molecular weight is 400 g/mol. The third-order valence-electron chi connectivity index (χ3n) is 4.90. The summed E-state index contributed by atoms with van der Waals surface area (Å²) in [7, 11) is 0. The number of nitriles is 1. The Labute approximate surface area is 169 Å². The van der Waals surface area contributed by atoms with Gasteiger partial charge in [0.25, 0.3) is 0 Å². The van der Waals surface area contributed by atoms with Gasteiger partial charge in [-0.1, -0.05) is 11.8 Å². The van der Waals surface area contributed by atoms with Gasteiger partial charge in [-0.3, -0.25) is 4.79 Å². The van der Waals surface area contributed by atoms with Crippen LogP contribution in [0.25, 0.3) is 0 Å². The van der Waals surface area contributed by atoms with Crippen LogP contribution in [0.15, 0.2) is 5.03 Å². The molecule has 2 aromatic rings. The first-order valence-electron chi connectivity index (χ1n) is 9.08. The molecule has 0 aliphatic rings. The van der Waals surface area contributed by atoms with Crippen molar-refractivity contribution in [1.29, 1.82) is 5.26 Å². The molecule has 0 unspecified atom stereocenters. The number of esters is 1. The smallest absolute Gasteiger partial charge is 0.340 e. The van der Waals surface area contributed by atoms with E-state index in [0.717, 1.165) is 16.8 Å². The molecule has 0 amide bonds. The van der Waals surface area contributed by atoms with Crippen molar-refractivity contribution in [2.24, 2.45) is 0 Å². The van der Waals surface area contributed by atoms with Crippen LogP contribution in [0, 0.1) is 45.9 Å². The van der Waals surface area contributed by atoms with Crippen LogP contribution in [0.2, 0.25) is 0 Å². The summed E-state index contributed by atoms with van der Waals surface area (Å²) in [6.07, 6.45) is 0. The number of pyridine rings is 1. The number of H-pyrrole nitrogens is 1. The molecule has 0 bridgehead atoms. The molecule has 0 aliphatic heterocycles. The zero-order valence-corrected chi connectivity index (χ0v) is 18.1. The maximum absolute atomic E-state index is 13.0. The number of aryl methyl sites for hydroxylation is 2. The topological polar surface area (TPSA) is 95.8 Å². The Hall–Kier alpha value is -2.59. The molecule has 2 rings (SSSR count). The molecular weight excluding hydrogens is 374 g/mol. The number of rotatable bonds is 6. The molecule has 0 radical (unpaired) electrons. The van der Waals surface area contributed by atoms with Crippen molar-refractivity contribution in [3.63, 3.8) is 0 Å². The van der Waals surface area contributed by atoms with Gasteiger partial charge in [0.15, 0.2) is 5.78 Å². The lowest BCUT2D eigenvalue weighted by Gasteiger charge is -2.14. The van der Waals surface area contributed by atoms with Crippen LogP contribution in [-0.2, 0) is 4.74 Å². The van der Waals surface area contributed by atoms with Crippen molar-refractivity contribution in [3.05, 3.63) is 44.9 Å². The standard InChI is InChI=1S/C21H25N3O3S/c1-8-27-21(26)17-12(4)18(23-14(17)6)19(25)15(7)28-20-16(9-22)11(3)10(2)13(5)24-20/h15,23H,8H2,1-7H3/t15-/m1/s1. The number of ketones is 1. The Kier molecular flexibility index (Phi) is 6.68. The van der Waals surface area contributed by atoms with Crippen LogP contribution in [0.1, 0.15) is 68.3 Å². The molecule has 0 saturated heterocycles. The largest absolute Gasteiger partial charge is 0.462 e. The molecule has 2 heterocycles. The second-order valence-corrected chi connectivity index (χ2v) is 8.04. The zero-order chi connectivity index (χ0) is 21.2. The lowest BCUT2D eigenvalue weighted by Crippen LogP contribution is -2.16. The molecule has 1 N–H and O–H groups in total. The minimum Gasteiger partial charge on any atom is -0.462 e. The van der Waals surface area contributed by atoms with Gasteiger partial charge in [0.1, 0.15) is 11.1 Å². The van der Waals surface area contributed by atoms with Gasteiger partial charge in [-0.05, 0) is 65.2 Å². The summed E-state index contributed by atoms with van der Waals surface area (Å²) in [6.45, 7) is 13.0. The van der Waals surface area contributed by atoms with E-state index in [1.165, 1.54) is 11.8 Å². The third-order valence-corrected chi connectivity index (χ3v) is 5.98. The molecule has 0 fully saturated rings. The number of Topliss-reactive ketones (excluding diaryl/α,β-unsaturated/α-hetero) is 1. The molecule has 0 spiro atoms. The maximum Gasteiger partial charge on any atom is 0.340 e. The first-order chi connectivity index (χ1) is 13.1. The fourth-order valence-electron chi connectivity index (χ4n) is 3.06. The summed E-state index contributed by atoms with van der Waals surface area (Å²) in [6, 6.07) is 2.21. The van der Waals surface area contributed by atoms with Crippen molar-refractivity contribution in [2.45, 2.75) is 58.7 Å². The molecule has 0 saturated carbocycles. The van der Waals surface area contributed by atoms with Gasteiger partial charge < -0.3 is 9.72 Å². The van der Waals surface area contributed by atoms with E-state index in [1.54, 1.807) is 27.7 Å². The van der Waals surface area contributed by atoms with Crippen molar-refractivity contribution in [1.82, 2.24) is 9.97 Å². The fourth-order valence-corrected chi connectivity index (χ4v) is 4.12. The lowest BCUT2D eigenvalue weighted by molar-refractivity contribution is 0.0525. The van der Waals surface area contributed by atoms with Crippen molar-refractivity contribution in [2.75, 3.05) is 6.61 Å². The SMILES string of the molecule is CCOC(=O)c1c(C)[nH]c(C(=O)[C@@H](C)Sc2nc(C)c(C)c(C)c2C#N)c1C. The van der Waals surface area contributed by atoms with E-state index in [1.807, 2.05) is 20.8 Å². The predicted octanol–water partition coefficient (Wildman–Crippen LogP) is 4.36. The molecule has 0 aliphatic carbocycles. The molecule has 7 heteroatoms. The number of carbonyl (C=O) groups excluding carboxylic acids is 2. The van der Waals surface area contributed by atoms with E-state index in [0.29, 0.717) is 33.1 Å². The number of nitrogens with one attached hydrogen (secondary N) is 1. The number of hydrogen-bond acceptors (Lipinski definition) is 6. The Morgan fingerprint density at radius 1 is 1.18 bits per heavy atom. The summed E-state index contributed by atoms with van der Waals surface area (Å²) in [5.74, 6) is -0.589. The average Bonchev–Trinajstić information content (AvgIpc) is 2.93. The number of nitrogens with zero attached hydrogens (tertiary/aromatic N) is 2. The number of aromatic amines is 1. The van der Waals surface area contributed by atoms with Crippen LogP contribution < -0.4 is 0 Å². The van der Waals surface area contributed by atoms with Crippen LogP contribution in [0.3, 0.4) is 0 Å². The molecule has 1 atom stereocenters. The highest BCUT2D eigenvalue weighted by molar-refractivity contribution is 8.00. The van der Waals surface area contributed by atoms with E-state index in [4.69, 9.17) is 4.74 Å². The van der Waals surface area contributed by atoms with E-state index in [2.05, 4.69) is 16.0 Å². The minimum absolute atomic E-state index is 0.150. The molecule has 6 nitrogen and oxygen atoms in total. The first kappa shape index (κ1) is 21.7. The second kappa shape index (κ2) is 8.61. The highest BCUT2D eigenvalue weighted by atomic mass is 32.2. The quantitative estimate of drug-likeness (QED) is 0.440. The highest BCUT2D eigenvalue weighted by Crippen LogP contribution is 2.31. The Bertz CT molecular complexity index is 986. The van der Waals surface area contributed by atoms with Crippen molar-refractivity contribution < 1.29 is 14.3 Å².